The first-order valence-corrected chi connectivity index (χ1v) is 12.3. The van der Waals surface area contributed by atoms with Crippen LogP contribution < -0.4 is 26.7 Å². The minimum Gasteiger partial charge on any atom is -0.412 e. The number of nitrogens with two attached hydrogens (primary N) is 1. The van der Waals surface area contributed by atoms with Crippen molar-refractivity contribution in [2.24, 2.45) is 5.90 Å². The van der Waals surface area contributed by atoms with Crippen LogP contribution in [0.4, 0.5) is 22.0 Å². The fourth-order valence-electron chi connectivity index (χ4n) is 3.73. The molecule has 0 spiro atoms. The van der Waals surface area contributed by atoms with Crippen LogP contribution in [-0.4, -0.2) is 20.6 Å². The first-order valence-electron chi connectivity index (χ1n) is 11.2. The molecule has 0 aliphatic heterocycles. The molecule has 5 aromatic rings. The number of anilines is 3. The molecule has 0 saturated carbocycles. The lowest BCUT2D eigenvalue weighted by Crippen LogP contribution is -2.19. The van der Waals surface area contributed by atoms with Crippen LogP contribution in [0.3, 0.4) is 0 Å². The van der Waals surface area contributed by atoms with Gasteiger partial charge in [0, 0.05) is 34.6 Å². The number of hydrogen-bond acceptors (Lipinski definition) is 6. The van der Waals surface area contributed by atoms with Crippen molar-refractivity contribution in [3.8, 4) is 17.0 Å². The van der Waals surface area contributed by atoms with Gasteiger partial charge in [0.25, 0.3) is 0 Å². The number of hydrogen-bond donors (Lipinski definition) is 4. The number of benzene rings is 3. The molecule has 5 N–H and O–H groups in total. The molecule has 11 heteroatoms. The maximum atomic E-state index is 12.4. The molecular weight excluding hydrogens is 558 g/mol. The summed E-state index contributed by atoms with van der Waals surface area (Å²) in [7, 11) is 0. The summed E-state index contributed by atoms with van der Waals surface area (Å²) in [6.07, 6.45) is 1.70. The van der Waals surface area contributed by atoms with E-state index in [4.69, 9.17) is 22.5 Å². The molecule has 0 radical (unpaired) electrons. The Balaban J connectivity index is 1.31. The van der Waals surface area contributed by atoms with Crippen molar-refractivity contribution >= 4 is 56.4 Å². The predicted octanol–water partition coefficient (Wildman–Crippen LogP) is 6.32. The maximum absolute atomic E-state index is 12.4. The van der Waals surface area contributed by atoms with E-state index in [-0.39, 0.29) is 6.03 Å². The smallest absolute Gasteiger partial charge is 0.323 e. The summed E-state index contributed by atoms with van der Waals surface area (Å²) >= 11 is 9.95. The van der Waals surface area contributed by atoms with E-state index in [0.717, 1.165) is 27.1 Å². The van der Waals surface area contributed by atoms with Crippen molar-refractivity contribution in [3.05, 3.63) is 100 Å². The molecule has 0 unspecified atom stereocenters. The largest absolute Gasteiger partial charge is 0.412 e. The Morgan fingerprint density at radius 2 is 1.78 bits per heavy atom. The molecule has 0 aliphatic carbocycles. The normalized spacial score (nSPS) is 10.8. The molecule has 0 atom stereocenters. The number of nitrogens with zero attached hydrogens (tertiary/aromatic N) is 3. The van der Waals surface area contributed by atoms with Gasteiger partial charge in [-0.15, -0.1) is 0 Å². The minimum atomic E-state index is -0.367. The summed E-state index contributed by atoms with van der Waals surface area (Å²) in [5, 5.41) is 14.1. The highest BCUT2D eigenvalue weighted by molar-refractivity contribution is 9.10. The predicted molar refractivity (Wildman–Crippen MR) is 149 cm³/mol. The van der Waals surface area contributed by atoms with Crippen molar-refractivity contribution in [3.63, 3.8) is 0 Å². The number of carbonyl (C=O) groups is 1. The van der Waals surface area contributed by atoms with Crippen LogP contribution in [-0.2, 0) is 6.54 Å². The van der Waals surface area contributed by atoms with E-state index in [0.29, 0.717) is 34.3 Å². The molecule has 5 rings (SSSR count). The number of amides is 2. The van der Waals surface area contributed by atoms with Crippen LogP contribution >= 0.6 is 27.5 Å². The number of carbonyl (C=O) groups excluding carboxylic acids is 1. The molecule has 2 amide bonds. The quantitative estimate of drug-likeness (QED) is 0.168. The number of urea groups is 1. The van der Waals surface area contributed by atoms with E-state index in [1.807, 2.05) is 54.6 Å². The first kappa shape index (κ1) is 24.6. The van der Waals surface area contributed by atoms with Crippen LogP contribution in [0.5, 0.6) is 5.75 Å². The average molecular weight is 579 g/mol. The molecule has 2 heterocycles. The summed E-state index contributed by atoms with van der Waals surface area (Å²) < 4.78 is 2.49. The third-order valence-electron chi connectivity index (χ3n) is 5.49. The second kappa shape index (κ2) is 10.9. The zero-order valence-electron chi connectivity index (χ0n) is 19.3. The van der Waals surface area contributed by atoms with Gasteiger partial charge in [-0.05, 0) is 64.0 Å². The van der Waals surface area contributed by atoms with Gasteiger partial charge in [0.1, 0.15) is 11.6 Å². The highest BCUT2D eigenvalue weighted by Gasteiger charge is 2.13. The summed E-state index contributed by atoms with van der Waals surface area (Å²) in [5.41, 5.74) is 4.43. The number of fused-ring (bicyclic) bond motifs is 1. The standard InChI is InChI=1S/C26H21BrClN7O2/c27-21-15-31-35-24(13-23(34-25(21)35)20-6-1-2-7-22(20)28)30-14-16-4-3-5-18(12-16)33-26(36)32-17-8-10-19(37-29)11-9-17/h1-13,15,30H,14,29H2,(H2,32,33,36). The number of aromatic nitrogens is 3. The molecule has 0 aliphatic rings. The highest BCUT2D eigenvalue weighted by atomic mass is 79.9. The van der Waals surface area contributed by atoms with E-state index in [1.165, 1.54) is 0 Å². The van der Waals surface area contributed by atoms with Crippen LogP contribution in [0, 0.1) is 0 Å². The van der Waals surface area contributed by atoms with Gasteiger partial charge in [-0.3, -0.25) is 0 Å². The topological polar surface area (TPSA) is 119 Å². The molecule has 0 bridgehead atoms. The maximum Gasteiger partial charge on any atom is 0.323 e. The van der Waals surface area contributed by atoms with Gasteiger partial charge in [0.15, 0.2) is 5.65 Å². The third-order valence-corrected chi connectivity index (χ3v) is 6.37. The first-order chi connectivity index (χ1) is 18.0. The lowest BCUT2D eigenvalue weighted by molar-refractivity contribution is 0.262. The average Bonchev–Trinajstić information content (AvgIpc) is 3.29. The Bertz CT molecular complexity index is 1570. The second-order valence-electron chi connectivity index (χ2n) is 8.01. The Kier molecular flexibility index (Phi) is 7.22. The third kappa shape index (κ3) is 5.67. The lowest BCUT2D eigenvalue weighted by atomic mass is 10.1. The second-order valence-corrected chi connectivity index (χ2v) is 9.27. The molecule has 0 fully saturated rings. The zero-order chi connectivity index (χ0) is 25.8. The molecule has 186 valence electrons. The number of halogens is 2. The summed E-state index contributed by atoms with van der Waals surface area (Å²) in [6, 6.07) is 23.4. The highest BCUT2D eigenvalue weighted by Crippen LogP contribution is 2.30. The van der Waals surface area contributed by atoms with Crippen molar-refractivity contribution in [2.45, 2.75) is 6.54 Å². The molecule has 3 aromatic carbocycles. The van der Waals surface area contributed by atoms with Crippen molar-refractivity contribution in [1.29, 1.82) is 0 Å². The van der Waals surface area contributed by atoms with E-state index in [2.05, 4.69) is 41.8 Å². The van der Waals surface area contributed by atoms with Crippen LogP contribution in [0.15, 0.2) is 89.5 Å². The van der Waals surface area contributed by atoms with Gasteiger partial charge in [-0.1, -0.05) is 41.9 Å². The van der Waals surface area contributed by atoms with Crippen LogP contribution in [0.1, 0.15) is 5.56 Å². The summed E-state index contributed by atoms with van der Waals surface area (Å²) in [5.74, 6) is 6.37. The fourth-order valence-corrected chi connectivity index (χ4v) is 4.31. The molecule has 0 saturated heterocycles. The molecule has 2 aromatic heterocycles. The van der Waals surface area contributed by atoms with Crippen molar-refractivity contribution in [2.75, 3.05) is 16.0 Å². The van der Waals surface area contributed by atoms with Crippen LogP contribution in [0.25, 0.3) is 16.9 Å². The SMILES string of the molecule is NOc1ccc(NC(=O)Nc2cccc(CNc3cc(-c4ccccc4Cl)nc4c(Br)cnn34)c2)cc1. The van der Waals surface area contributed by atoms with Crippen molar-refractivity contribution in [1.82, 2.24) is 14.6 Å². The summed E-state index contributed by atoms with van der Waals surface area (Å²) in [4.78, 5) is 21.8. The Hall–Kier alpha value is -4.12. The minimum absolute atomic E-state index is 0.367. The Labute approximate surface area is 225 Å². The van der Waals surface area contributed by atoms with Gasteiger partial charge in [0.2, 0.25) is 0 Å². The summed E-state index contributed by atoms with van der Waals surface area (Å²) in [6.45, 7) is 0.482. The Morgan fingerprint density at radius 1 is 1.00 bits per heavy atom. The van der Waals surface area contributed by atoms with Crippen molar-refractivity contribution < 1.29 is 9.63 Å². The lowest BCUT2D eigenvalue weighted by Gasteiger charge is -2.13. The number of rotatable bonds is 7. The van der Waals surface area contributed by atoms with Gasteiger partial charge in [0.05, 0.1) is 16.4 Å². The van der Waals surface area contributed by atoms with E-state index in [9.17, 15) is 4.79 Å². The van der Waals surface area contributed by atoms with Crippen LogP contribution in [0.2, 0.25) is 5.02 Å². The zero-order valence-corrected chi connectivity index (χ0v) is 21.6. The molecular formula is C26H21BrClN7O2. The van der Waals surface area contributed by atoms with Gasteiger partial charge < -0.3 is 20.8 Å². The van der Waals surface area contributed by atoms with Gasteiger partial charge >= 0.3 is 6.03 Å². The Morgan fingerprint density at radius 3 is 2.57 bits per heavy atom. The van der Waals surface area contributed by atoms with Gasteiger partial charge in [-0.25, -0.2) is 9.78 Å². The fraction of sp³-hybridized carbons (Fsp3) is 0.0385. The molecule has 9 nitrogen and oxygen atoms in total. The van der Waals surface area contributed by atoms with E-state index < -0.39 is 0 Å². The van der Waals surface area contributed by atoms with E-state index in [1.54, 1.807) is 35.0 Å². The monoisotopic (exact) mass is 577 g/mol. The van der Waals surface area contributed by atoms with E-state index >= 15 is 0 Å². The molecule has 37 heavy (non-hydrogen) atoms. The number of nitrogens with one attached hydrogen (secondary N) is 3. The van der Waals surface area contributed by atoms with Gasteiger partial charge in [-0.2, -0.15) is 15.5 Å².